The van der Waals surface area contributed by atoms with Gasteiger partial charge in [-0.05, 0) is 42.5 Å². The zero-order valence-corrected chi connectivity index (χ0v) is 14.3. The molecule has 1 aliphatic heterocycles. The summed E-state index contributed by atoms with van der Waals surface area (Å²) in [6.07, 6.45) is 0.404. The molecule has 0 aliphatic carbocycles. The zero-order chi connectivity index (χ0) is 16.6. The van der Waals surface area contributed by atoms with Crippen molar-refractivity contribution in [3.8, 4) is 0 Å². The number of nitrogens with zero attached hydrogens (tertiary/aromatic N) is 1. The van der Waals surface area contributed by atoms with E-state index in [1.54, 1.807) is 42.3 Å². The Morgan fingerprint density at radius 2 is 2.09 bits per heavy atom. The van der Waals surface area contributed by atoms with Gasteiger partial charge in [0.1, 0.15) is 0 Å². The van der Waals surface area contributed by atoms with Gasteiger partial charge in [-0.3, -0.25) is 4.79 Å². The third kappa shape index (κ3) is 2.88. The summed E-state index contributed by atoms with van der Waals surface area (Å²) in [5.41, 5.74) is 1.44. The van der Waals surface area contributed by atoms with Crippen LogP contribution in [0.1, 0.15) is 33.3 Å². The number of likely N-dealkylation sites (N-methyl/N-ethyl adjacent to an activating group) is 1. The van der Waals surface area contributed by atoms with E-state index in [0.717, 1.165) is 10.4 Å². The van der Waals surface area contributed by atoms with Crippen molar-refractivity contribution in [2.45, 2.75) is 32.4 Å². The maximum Gasteiger partial charge on any atom is 0.339 e. The number of cyclic esters (lactones) is 1. The van der Waals surface area contributed by atoms with Crippen LogP contribution >= 0.6 is 11.3 Å². The first-order valence-electron chi connectivity index (χ1n) is 7.50. The molecule has 1 aromatic carbocycles. The predicted molar refractivity (Wildman–Crippen MR) is 89.5 cm³/mol. The van der Waals surface area contributed by atoms with Crippen LogP contribution in [-0.2, 0) is 22.5 Å². The summed E-state index contributed by atoms with van der Waals surface area (Å²) in [4.78, 5) is 27.9. The number of rotatable bonds is 3. The molecule has 2 heterocycles. The Labute approximate surface area is 139 Å². The van der Waals surface area contributed by atoms with Crippen LogP contribution in [0.4, 0.5) is 0 Å². The number of amides is 1. The van der Waals surface area contributed by atoms with Gasteiger partial charge in [-0.1, -0.05) is 18.2 Å². The highest BCUT2D eigenvalue weighted by Crippen LogP contribution is 2.30. The second-order valence-electron chi connectivity index (χ2n) is 6.14. The molecule has 23 heavy (non-hydrogen) atoms. The van der Waals surface area contributed by atoms with E-state index in [-0.39, 0.29) is 5.91 Å². The predicted octanol–water partition coefficient (Wildman–Crippen LogP) is 3.19. The van der Waals surface area contributed by atoms with Crippen molar-refractivity contribution in [2.24, 2.45) is 0 Å². The van der Waals surface area contributed by atoms with E-state index in [0.29, 0.717) is 18.5 Å². The molecular formula is C18H19NO3S. The maximum absolute atomic E-state index is 12.9. The number of esters is 1. The summed E-state index contributed by atoms with van der Waals surface area (Å²) in [6.45, 7) is 4.25. The Morgan fingerprint density at radius 3 is 2.78 bits per heavy atom. The van der Waals surface area contributed by atoms with Crippen molar-refractivity contribution < 1.29 is 14.3 Å². The van der Waals surface area contributed by atoms with Crippen molar-refractivity contribution >= 4 is 23.2 Å². The van der Waals surface area contributed by atoms with Crippen LogP contribution in [0.3, 0.4) is 0 Å². The molecule has 2 aromatic rings. The molecule has 0 radical (unpaired) electrons. The van der Waals surface area contributed by atoms with Gasteiger partial charge >= 0.3 is 5.97 Å². The minimum absolute atomic E-state index is 0.173. The largest absolute Gasteiger partial charge is 0.445 e. The lowest BCUT2D eigenvalue weighted by Crippen LogP contribution is -2.51. The number of benzene rings is 1. The molecule has 0 saturated carbocycles. The molecule has 1 atom stereocenters. The van der Waals surface area contributed by atoms with E-state index in [9.17, 15) is 9.59 Å². The molecule has 1 unspecified atom stereocenters. The molecule has 4 nitrogen and oxygen atoms in total. The van der Waals surface area contributed by atoms with E-state index in [1.807, 2.05) is 30.5 Å². The van der Waals surface area contributed by atoms with E-state index in [4.69, 9.17) is 4.74 Å². The Bertz CT molecular complexity index is 767. The zero-order valence-electron chi connectivity index (χ0n) is 13.5. The lowest BCUT2D eigenvalue weighted by atomic mass is 9.89. The Kier molecular flexibility index (Phi) is 3.98. The molecule has 0 fully saturated rings. The summed E-state index contributed by atoms with van der Waals surface area (Å²) in [6, 6.07) is 9.33. The third-order valence-electron chi connectivity index (χ3n) is 4.23. The highest BCUT2D eigenvalue weighted by molar-refractivity contribution is 7.10. The van der Waals surface area contributed by atoms with Gasteiger partial charge in [0.2, 0.25) is 0 Å². The van der Waals surface area contributed by atoms with Crippen LogP contribution < -0.4 is 0 Å². The van der Waals surface area contributed by atoms with Crippen molar-refractivity contribution in [1.82, 2.24) is 4.90 Å². The molecule has 5 heteroatoms. The number of thiophene rings is 1. The lowest BCUT2D eigenvalue weighted by Gasteiger charge is -2.35. The maximum atomic E-state index is 12.9. The smallest absolute Gasteiger partial charge is 0.339 e. The first-order valence-corrected chi connectivity index (χ1v) is 8.38. The van der Waals surface area contributed by atoms with Gasteiger partial charge < -0.3 is 9.64 Å². The normalized spacial score (nSPS) is 19.9. The van der Waals surface area contributed by atoms with Crippen LogP contribution in [0.25, 0.3) is 0 Å². The highest BCUT2D eigenvalue weighted by atomic mass is 32.1. The number of carbonyl (C=O) groups excluding carboxylic acids is 2. The van der Waals surface area contributed by atoms with Gasteiger partial charge in [0.25, 0.3) is 5.91 Å². The fraction of sp³-hybridized carbons (Fsp3) is 0.333. The molecule has 0 N–H and O–H groups in total. The molecule has 3 rings (SSSR count). The molecular weight excluding hydrogens is 310 g/mol. The standard InChI is InChI=1S/C18H19NO3S/c1-12-8-9-23-15(12)11-19(3)17(21)18(2)10-13-6-4-5-7-14(13)16(20)22-18/h4-9H,10-11H2,1-3H3. The average Bonchev–Trinajstić information content (AvgIpc) is 2.91. The van der Waals surface area contributed by atoms with Crippen molar-refractivity contribution in [3.63, 3.8) is 0 Å². The number of carbonyl (C=O) groups is 2. The van der Waals surface area contributed by atoms with E-state index >= 15 is 0 Å². The first-order chi connectivity index (χ1) is 10.9. The van der Waals surface area contributed by atoms with Gasteiger partial charge in [-0.2, -0.15) is 0 Å². The van der Waals surface area contributed by atoms with Crippen LogP contribution in [-0.4, -0.2) is 29.4 Å². The molecule has 1 aliphatic rings. The minimum atomic E-state index is -1.15. The Morgan fingerprint density at radius 1 is 1.35 bits per heavy atom. The SMILES string of the molecule is Cc1ccsc1CN(C)C(=O)C1(C)Cc2ccccc2C(=O)O1. The minimum Gasteiger partial charge on any atom is -0.445 e. The van der Waals surface area contributed by atoms with Gasteiger partial charge in [0, 0.05) is 18.3 Å². The quantitative estimate of drug-likeness (QED) is 0.813. The summed E-state index contributed by atoms with van der Waals surface area (Å²) in [7, 11) is 1.75. The van der Waals surface area contributed by atoms with Crippen LogP contribution in [0.15, 0.2) is 35.7 Å². The molecule has 0 saturated heterocycles. The first kappa shape index (κ1) is 15.7. The van der Waals surface area contributed by atoms with Gasteiger partial charge in [-0.25, -0.2) is 4.79 Å². The topological polar surface area (TPSA) is 46.6 Å². The van der Waals surface area contributed by atoms with Gasteiger partial charge in [-0.15, -0.1) is 11.3 Å². The van der Waals surface area contributed by atoms with Crippen LogP contribution in [0.5, 0.6) is 0 Å². The van der Waals surface area contributed by atoms with Crippen LogP contribution in [0.2, 0.25) is 0 Å². The summed E-state index contributed by atoms with van der Waals surface area (Å²) >= 11 is 1.63. The second-order valence-corrected chi connectivity index (χ2v) is 7.14. The average molecular weight is 329 g/mol. The third-order valence-corrected chi connectivity index (χ3v) is 5.24. The summed E-state index contributed by atoms with van der Waals surface area (Å²) in [5.74, 6) is -0.600. The summed E-state index contributed by atoms with van der Waals surface area (Å²) < 4.78 is 5.51. The molecule has 1 aromatic heterocycles. The molecule has 120 valence electrons. The van der Waals surface area contributed by atoms with Crippen molar-refractivity contribution in [3.05, 3.63) is 57.3 Å². The lowest BCUT2D eigenvalue weighted by molar-refractivity contribution is -0.150. The molecule has 1 amide bonds. The number of hydrogen-bond acceptors (Lipinski definition) is 4. The van der Waals surface area contributed by atoms with Crippen LogP contribution in [0, 0.1) is 6.92 Å². The Balaban J connectivity index is 1.82. The van der Waals surface area contributed by atoms with E-state index < -0.39 is 11.6 Å². The van der Waals surface area contributed by atoms with Gasteiger partial charge in [0.05, 0.1) is 12.1 Å². The highest BCUT2D eigenvalue weighted by Gasteiger charge is 2.44. The summed E-state index contributed by atoms with van der Waals surface area (Å²) in [5, 5.41) is 2.02. The van der Waals surface area contributed by atoms with E-state index in [1.165, 1.54) is 5.56 Å². The number of ether oxygens (including phenoxy) is 1. The number of hydrogen-bond donors (Lipinski definition) is 0. The molecule has 0 bridgehead atoms. The molecule has 0 spiro atoms. The van der Waals surface area contributed by atoms with Gasteiger partial charge in [0.15, 0.2) is 5.60 Å². The fourth-order valence-electron chi connectivity index (χ4n) is 2.91. The second kappa shape index (κ2) is 5.81. The number of aryl methyl sites for hydroxylation is 1. The number of fused-ring (bicyclic) bond motifs is 1. The fourth-order valence-corrected chi connectivity index (χ4v) is 3.87. The monoisotopic (exact) mass is 329 g/mol. The van der Waals surface area contributed by atoms with Crippen molar-refractivity contribution in [1.29, 1.82) is 0 Å². The Hall–Kier alpha value is -2.14. The van der Waals surface area contributed by atoms with Crippen molar-refractivity contribution in [2.75, 3.05) is 7.05 Å². The van der Waals surface area contributed by atoms with E-state index in [2.05, 4.69) is 0 Å².